The minimum absolute atomic E-state index is 0.0925. The van der Waals surface area contributed by atoms with Gasteiger partial charge in [0.2, 0.25) is 11.8 Å². The van der Waals surface area contributed by atoms with E-state index in [-0.39, 0.29) is 17.9 Å². The first kappa shape index (κ1) is 15.4. The molecule has 0 aliphatic heterocycles. The lowest BCUT2D eigenvalue weighted by Crippen LogP contribution is -2.21. The molecular weight excluding hydrogens is 290 g/mol. The lowest BCUT2D eigenvalue weighted by atomic mass is 9.92. The third-order valence-corrected chi connectivity index (χ3v) is 3.18. The maximum atomic E-state index is 11.9. The van der Waals surface area contributed by atoms with Crippen LogP contribution in [0.2, 0.25) is 5.02 Å². The van der Waals surface area contributed by atoms with Crippen LogP contribution in [0.3, 0.4) is 0 Å². The zero-order valence-electron chi connectivity index (χ0n) is 12.2. The van der Waals surface area contributed by atoms with Crippen molar-refractivity contribution in [3.05, 3.63) is 41.0 Å². The highest BCUT2D eigenvalue weighted by molar-refractivity contribution is 6.33. The molecule has 0 atom stereocenters. The molecule has 1 amide bonds. The molecule has 0 bridgehead atoms. The predicted octanol–water partition coefficient (Wildman–Crippen LogP) is 3.68. The van der Waals surface area contributed by atoms with Gasteiger partial charge in [-0.15, -0.1) is 0 Å². The number of para-hydroxylation sites is 1. The summed E-state index contributed by atoms with van der Waals surface area (Å²) in [5, 5.41) is 10.1. The number of aromatic nitrogens is 1. The highest BCUT2D eigenvalue weighted by Crippen LogP contribution is 2.23. The molecule has 0 radical (unpaired) electrons. The van der Waals surface area contributed by atoms with Gasteiger partial charge in [0.05, 0.1) is 22.9 Å². The number of rotatable bonds is 4. The molecule has 6 heteroatoms. The molecule has 1 heterocycles. The van der Waals surface area contributed by atoms with E-state index < -0.39 is 0 Å². The molecule has 2 N–H and O–H groups in total. The van der Waals surface area contributed by atoms with Crippen molar-refractivity contribution in [2.75, 3.05) is 17.2 Å². The maximum absolute atomic E-state index is 11.9. The Balaban J connectivity index is 1.90. The number of amides is 1. The molecule has 0 saturated carbocycles. The molecule has 2 rings (SSSR count). The summed E-state index contributed by atoms with van der Waals surface area (Å²) in [5.74, 6) is 0.109. The van der Waals surface area contributed by atoms with Crippen molar-refractivity contribution in [2.45, 2.75) is 26.2 Å². The summed E-state index contributed by atoms with van der Waals surface area (Å²) in [7, 11) is 0. The van der Waals surface area contributed by atoms with Crippen molar-refractivity contribution < 1.29 is 9.32 Å². The molecule has 2 aromatic rings. The van der Waals surface area contributed by atoms with E-state index in [1.54, 1.807) is 12.1 Å². The summed E-state index contributed by atoms with van der Waals surface area (Å²) in [6.07, 6.45) is 0. The number of halogens is 1. The zero-order chi connectivity index (χ0) is 15.5. The first-order valence-corrected chi connectivity index (χ1v) is 6.99. The maximum Gasteiger partial charge on any atom is 0.246 e. The smallest absolute Gasteiger partial charge is 0.246 e. The Morgan fingerprint density at radius 2 is 2.05 bits per heavy atom. The average molecular weight is 308 g/mol. The Kier molecular flexibility index (Phi) is 4.53. The second kappa shape index (κ2) is 6.18. The minimum Gasteiger partial charge on any atom is -0.375 e. The van der Waals surface area contributed by atoms with E-state index >= 15 is 0 Å². The Bertz CT molecular complexity index is 632. The molecule has 0 spiro atoms. The van der Waals surface area contributed by atoms with Gasteiger partial charge < -0.3 is 9.84 Å². The second-order valence-electron chi connectivity index (χ2n) is 5.71. The number of nitrogens with zero attached hydrogens (tertiary/aromatic N) is 1. The first-order valence-electron chi connectivity index (χ1n) is 6.62. The van der Waals surface area contributed by atoms with E-state index in [1.807, 2.05) is 39.0 Å². The second-order valence-corrected chi connectivity index (χ2v) is 6.12. The minimum atomic E-state index is -0.230. The molecule has 0 saturated heterocycles. The van der Waals surface area contributed by atoms with Crippen LogP contribution in [0, 0.1) is 0 Å². The molecule has 1 aromatic carbocycles. The fourth-order valence-electron chi connectivity index (χ4n) is 1.65. The number of carbonyl (C=O) groups excluding carboxylic acids is 1. The summed E-state index contributed by atoms with van der Waals surface area (Å²) in [6, 6.07) is 8.97. The predicted molar refractivity (Wildman–Crippen MR) is 83.8 cm³/mol. The van der Waals surface area contributed by atoms with Crippen molar-refractivity contribution in [1.82, 2.24) is 5.16 Å². The number of hydrogen-bond acceptors (Lipinski definition) is 4. The highest BCUT2D eigenvalue weighted by atomic mass is 35.5. The van der Waals surface area contributed by atoms with Gasteiger partial charge in [-0.1, -0.05) is 49.7 Å². The number of nitrogens with one attached hydrogen (secondary N) is 2. The molecule has 112 valence electrons. The van der Waals surface area contributed by atoms with Crippen molar-refractivity contribution in [3.8, 4) is 0 Å². The highest BCUT2D eigenvalue weighted by Gasteiger charge is 2.19. The van der Waals surface area contributed by atoms with Gasteiger partial charge in [0.25, 0.3) is 0 Å². The van der Waals surface area contributed by atoms with Crippen molar-refractivity contribution >= 4 is 29.1 Å². The SMILES string of the molecule is CC(C)(C)c1cc(NC(=O)CNc2ccccc2Cl)on1. The van der Waals surface area contributed by atoms with Crippen LogP contribution in [-0.2, 0) is 10.2 Å². The lowest BCUT2D eigenvalue weighted by molar-refractivity contribution is -0.114. The number of carbonyl (C=O) groups is 1. The normalized spacial score (nSPS) is 11.2. The largest absolute Gasteiger partial charge is 0.375 e. The summed E-state index contributed by atoms with van der Waals surface area (Å²) < 4.78 is 5.10. The van der Waals surface area contributed by atoms with Gasteiger partial charge in [-0.25, -0.2) is 0 Å². The summed E-state index contributed by atoms with van der Waals surface area (Å²) in [4.78, 5) is 11.9. The Morgan fingerprint density at radius 1 is 1.33 bits per heavy atom. The third-order valence-electron chi connectivity index (χ3n) is 2.85. The fourth-order valence-corrected chi connectivity index (χ4v) is 1.85. The van der Waals surface area contributed by atoms with Crippen molar-refractivity contribution in [2.24, 2.45) is 0 Å². The number of hydrogen-bond donors (Lipinski definition) is 2. The molecule has 0 aliphatic carbocycles. The van der Waals surface area contributed by atoms with Gasteiger partial charge in [0.1, 0.15) is 0 Å². The third kappa shape index (κ3) is 4.23. The molecule has 1 aromatic heterocycles. The van der Waals surface area contributed by atoms with Crippen LogP contribution in [0.1, 0.15) is 26.5 Å². The van der Waals surface area contributed by atoms with Crippen LogP contribution in [0.5, 0.6) is 0 Å². The van der Waals surface area contributed by atoms with E-state index in [1.165, 1.54) is 0 Å². The van der Waals surface area contributed by atoms with Gasteiger partial charge in [0.15, 0.2) is 0 Å². The Morgan fingerprint density at radius 3 is 2.67 bits per heavy atom. The van der Waals surface area contributed by atoms with Gasteiger partial charge in [0, 0.05) is 11.5 Å². The zero-order valence-corrected chi connectivity index (χ0v) is 13.0. The van der Waals surface area contributed by atoms with Crippen LogP contribution < -0.4 is 10.6 Å². The quantitative estimate of drug-likeness (QED) is 0.904. The van der Waals surface area contributed by atoms with Crippen LogP contribution in [0.4, 0.5) is 11.6 Å². The molecule has 0 fully saturated rings. The van der Waals surface area contributed by atoms with Gasteiger partial charge in [-0.05, 0) is 12.1 Å². The summed E-state index contributed by atoms with van der Waals surface area (Å²) in [6.45, 7) is 6.16. The first-order chi connectivity index (χ1) is 9.86. The number of anilines is 2. The molecule has 21 heavy (non-hydrogen) atoms. The summed E-state index contributed by atoms with van der Waals surface area (Å²) >= 11 is 6.00. The van der Waals surface area contributed by atoms with Gasteiger partial charge >= 0.3 is 0 Å². The van der Waals surface area contributed by atoms with E-state index in [2.05, 4.69) is 15.8 Å². The molecular formula is C15H18ClN3O2. The monoisotopic (exact) mass is 307 g/mol. The number of benzene rings is 1. The van der Waals surface area contributed by atoms with E-state index in [0.717, 1.165) is 5.69 Å². The van der Waals surface area contributed by atoms with Crippen molar-refractivity contribution in [1.29, 1.82) is 0 Å². The van der Waals surface area contributed by atoms with E-state index in [4.69, 9.17) is 16.1 Å². The van der Waals surface area contributed by atoms with Crippen LogP contribution in [-0.4, -0.2) is 17.6 Å². The van der Waals surface area contributed by atoms with Crippen LogP contribution in [0.15, 0.2) is 34.9 Å². The Hall–Kier alpha value is -2.01. The Labute approximate surface area is 128 Å². The van der Waals surface area contributed by atoms with Gasteiger partial charge in [-0.3, -0.25) is 10.1 Å². The van der Waals surface area contributed by atoms with Gasteiger partial charge in [-0.2, -0.15) is 0 Å². The standard InChI is InChI=1S/C15H18ClN3O2/c1-15(2,3)12-8-14(21-19-12)18-13(20)9-17-11-7-5-4-6-10(11)16/h4-8,17H,9H2,1-3H3,(H,18,20). The fraction of sp³-hybridized carbons (Fsp3) is 0.333. The molecule has 0 unspecified atom stereocenters. The topological polar surface area (TPSA) is 67.2 Å². The van der Waals surface area contributed by atoms with E-state index in [0.29, 0.717) is 16.6 Å². The van der Waals surface area contributed by atoms with Crippen LogP contribution >= 0.6 is 11.6 Å². The van der Waals surface area contributed by atoms with Crippen molar-refractivity contribution in [3.63, 3.8) is 0 Å². The molecule has 5 nitrogen and oxygen atoms in total. The lowest BCUT2D eigenvalue weighted by Gasteiger charge is -2.12. The van der Waals surface area contributed by atoms with Crippen LogP contribution in [0.25, 0.3) is 0 Å². The van der Waals surface area contributed by atoms with E-state index in [9.17, 15) is 4.79 Å². The molecule has 0 aliphatic rings. The average Bonchev–Trinajstić information content (AvgIpc) is 2.86. The summed E-state index contributed by atoms with van der Waals surface area (Å²) in [5.41, 5.74) is 1.38.